The van der Waals surface area contributed by atoms with Crippen LogP contribution in [0.4, 0.5) is 0 Å². The van der Waals surface area contributed by atoms with Crippen LogP contribution in [-0.2, 0) is 6.42 Å². The summed E-state index contributed by atoms with van der Waals surface area (Å²) in [5.41, 5.74) is 1.91. The minimum atomic E-state index is -0.0682. The van der Waals surface area contributed by atoms with Crippen LogP contribution in [0.25, 0.3) is 11.5 Å². The highest BCUT2D eigenvalue weighted by atomic mass is 16.5. The van der Waals surface area contributed by atoms with Gasteiger partial charge in [0.1, 0.15) is 5.69 Å². The van der Waals surface area contributed by atoms with Gasteiger partial charge in [-0.2, -0.15) is 0 Å². The number of Topliss-reactive ketones (excluding diaryl/α,β-unsaturated/α-hetero) is 1. The maximum atomic E-state index is 12.1. The monoisotopic (exact) mass is 284 g/mol. The van der Waals surface area contributed by atoms with Crippen molar-refractivity contribution in [2.45, 2.75) is 26.7 Å². The molecule has 21 heavy (non-hydrogen) atoms. The van der Waals surface area contributed by atoms with Gasteiger partial charge in [-0.25, -0.2) is 9.97 Å². The zero-order valence-corrected chi connectivity index (χ0v) is 12.3. The Balaban J connectivity index is 2.00. The van der Waals surface area contributed by atoms with Crippen LogP contribution in [0.3, 0.4) is 0 Å². The Hall–Kier alpha value is -2.37. The first-order valence-corrected chi connectivity index (χ1v) is 6.76. The van der Waals surface area contributed by atoms with Crippen molar-refractivity contribution in [1.29, 1.82) is 0 Å². The van der Waals surface area contributed by atoms with Gasteiger partial charge in [0.25, 0.3) is 0 Å². The second kappa shape index (κ2) is 4.87. The number of carbonyl (C=O) groups excluding carboxylic acids is 1. The number of ketones is 1. The number of nitrogens with zero attached hydrogens (tertiary/aromatic N) is 4. The minimum Gasteiger partial charge on any atom is -0.480 e. The second-order valence-electron chi connectivity index (χ2n) is 5.96. The Kier molecular flexibility index (Phi) is 3.16. The minimum absolute atomic E-state index is 0.0682. The average molecular weight is 284 g/mol. The molecule has 0 fully saturated rings. The zero-order valence-electron chi connectivity index (χ0n) is 12.3. The number of rotatable bonds is 2. The molecule has 0 bridgehead atoms. The van der Waals surface area contributed by atoms with Crippen LogP contribution in [0.1, 0.15) is 36.3 Å². The molecule has 2 aromatic heterocycles. The Bertz CT molecular complexity index is 695. The first kappa shape index (κ1) is 13.6. The van der Waals surface area contributed by atoms with Crippen molar-refractivity contribution in [3.05, 3.63) is 29.6 Å². The number of hydrogen-bond acceptors (Lipinski definition) is 6. The van der Waals surface area contributed by atoms with Gasteiger partial charge in [-0.1, -0.05) is 13.8 Å². The first-order chi connectivity index (χ1) is 9.98. The Labute approximate surface area is 122 Å². The van der Waals surface area contributed by atoms with E-state index in [1.807, 2.05) is 0 Å². The molecule has 1 aliphatic carbocycles. The van der Waals surface area contributed by atoms with Crippen LogP contribution < -0.4 is 4.74 Å². The fourth-order valence-corrected chi connectivity index (χ4v) is 2.50. The van der Waals surface area contributed by atoms with Crippen LogP contribution in [0, 0.1) is 5.41 Å². The molecule has 108 valence electrons. The van der Waals surface area contributed by atoms with Gasteiger partial charge in [0.05, 0.1) is 18.4 Å². The van der Waals surface area contributed by atoms with Gasteiger partial charge in [0.15, 0.2) is 11.6 Å². The summed E-state index contributed by atoms with van der Waals surface area (Å²) in [5.74, 6) is 1.02. The highest BCUT2D eigenvalue weighted by Crippen LogP contribution is 2.34. The highest BCUT2D eigenvalue weighted by Gasteiger charge is 2.32. The molecule has 0 atom stereocenters. The van der Waals surface area contributed by atoms with E-state index in [1.54, 1.807) is 18.3 Å². The fraction of sp³-hybridized carbons (Fsp3) is 0.400. The average Bonchev–Trinajstić information content (AvgIpc) is 2.45. The maximum absolute atomic E-state index is 12.1. The van der Waals surface area contributed by atoms with Crippen molar-refractivity contribution in [3.8, 4) is 17.4 Å². The van der Waals surface area contributed by atoms with Crippen LogP contribution in [0.15, 0.2) is 18.3 Å². The number of carbonyl (C=O) groups is 1. The molecule has 0 spiro atoms. The summed E-state index contributed by atoms with van der Waals surface area (Å²) in [4.78, 5) is 20.9. The lowest BCUT2D eigenvalue weighted by Gasteiger charge is -2.29. The molecule has 0 aliphatic heterocycles. The molecule has 3 rings (SSSR count). The van der Waals surface area contributed by atoms with Gasteiger partial charge in [0.2, 0.25) is 5.88 Å². The van der Waals surface area contributed by atoms with Crippen molar-refractivity contribution >= 4 is 5.78 Å². The summed E-state index contributed by atoms with van der Waals surface area (Å²) in [7, 11) is 1.53. The van der Waals surface area contributed by atoms with Crippen molar-refractivity contribution in [2.24, 2.45) is 5.41 Å². The lowest BCUT2D eigenvalue weighted by Crippen LogP contribution is -2.28. The van der Waals surface area contributed by atoms with Gasteiger partial charge < -0.3 is 4.74 Å². The summed E-state index contributed by atoms with van der Waals surface area (Å²) >= 11 is 0. The van der Waals surface area contributed by atoms with Crippen molar-refractivity contribution in [3.63, 3.8) is 0 Å². The number of hydrogen-bond donors (Lipinski definition) is 0. The summed E-state index contributed by atoms with van der Waals surface area (Å²) in [5, 5.41) is 7.95. The van der Waals surface area contributed by atoms with Gasteiger partial charge >= 0.3 is 0 Å². The normalized spacial score (nSPS) is 16.4. The molecule has 6 nitrogen and oxygen atoms in total. The predicted octanol–water partition coefficient (Wildman–Crippen LogP) is 2.10. The van der Waals surface area contributed by atoms with Gasteiger partial charge in [-0.05, 0) is 17.9 Å². The van der Waals surface area contributed by atoms with Crippen LogP contribution in [0.5, 0.6) is 5.88 Å². The summed E-state index contributed by atoms with van der Waals surface area (Å²) in [6.45, 7) is 4.14. The van der Waals surface area contributed by atoms with E-state index in [0.29, 0.717) is 29.4 Å². The molecule has 0 unspecified atom stereocenters. The van der Waals surface area contributed by atoms with E-state index in [9.17, 15) is 4.79 Å². The molecule has 0 aromatic carbocycles. The molecule has 0 radical (unpaired) electrons. The molecular weight excluding hydrogens is 268 g/mol. The topological polar surface area (TPSA) is 77.9 Å². The first-order valence-electron chi connectivity index (χ1n) is 6.76. The molecule has 2 heterocycles. The van der Waals surface area contributed by atoms with Crippen molar-refractivity contribution < 1.29 is 9.53 Å². The van der Waals surface area contributed by atoms with Crippen molar-refractivity contribution in [1.82, 2.24) is 20.2 Å². The summed E-state index contributed by atoms with van der Waals surface area (Å²) in [6, 6.07) is 3.46. The number of methoxy groups -OCH3 is 1. The molecule has 0 N–H and O–H groups in total. The quantitative estimate of drug-likeness (QED) is 0.840. The zero-order chi connectivity index (χ0) is 15.0. The van der Waals surface area contributed by atoms with Gasteiger partial charge in [0, 0.05) is 18.7 Å². The third-order valence-electron chi connectivity index (χ3n) is 3.53. The maximum Gasteiger partial charge on any atom is 0.233 e. The van der Waals surface area contributed by atoms with Crippen LogP contribution >= 0.6 is 0 Å². The van der Waals surface area contributed by atoms with E-state index in [0.717, 1.165) is 12.1 Å². The molecule has 6 heteroatoms. The SMILES string of the molecule is COc1ccc(-c2ncc3c(n2)CC(C)(C)CC3=O)nn1. The van der Waals surface area contributed by atoms with Gasteiger partial charge in [-0.15, -0.1) is 10.2 Å². The standard InChI is InChI=1S/C15H16N4O2/c1-15(2)6-11-9(12(20)7-15)8-16-14(17-11)10-4-5-13(21-3)19-18-10/h4-5,8H,6-7H2,1-3H3. The molecule has 0 saturated carbocycles. The molecule has 0 amide bonds. The molecule has 2 aromatic rings. The van der Waals surface area contributed by atoms with E-state index in [-0.39, 0.29) is 11.2 Å². The molecule has 1 aliphatic rings. The highest BCUT2D eigenvalue weighted by molar-refractivity contribution is 5.98. The third kappa shape index (κ3) is 2.61. The lowest BCUT2D eigenvalue weighted by molar-refractivity contribution is 0.0910. The Morgan fingerprint density at radius 1 is 1.19 bits per heavy atom. The molecular formula is C15H16N4O2. The Morgan fingerprint density at radius 3 is 2.67 bits per heavy atom. The van der Waals surface area contributed by atoms with Crippen LogP contribution in [-0.4, -0.2) is 33.1 Å². The van der Waals surface area contributed by atoms with E-state index in [2.05, 4.69) is 34.0 Å². The van der Waals surface area contributed by atoms with E-state index in [1.165, 1.54) is 7.11 Å². The second-order valence-corrected chi connectivity index (χ2v) is 5.96. The van der Waals surface area contributed by atoms with E-state index in [4.69, 9.17) is 4.74 Å². The largest absolute Gasteiger partial charge is 0.480 e. The van der Waals surface area contributed by atoms with Crippen LogP contribution in [0.2, 0.25) is 0 Å². The Morgan fingerprint density at radius 2 is 2.00 bits per heavy atom. The third-order valence-corrected chi connectivity index (χ3v) is 3.53. The number of ether oxygens (including phenoxy) is 1. The fourth-order valence-electron chi connectivity index (χ4n) is 2.50. The number of fused-ring (bicyclic) bond motifs is 1. The predicted molar refractivity (Wildman–Crippen MR) is 76.0 cm³/mol. The van der Waals surface area contributed by atoms with E-state index >= 15 is 0 Å². The van der Waals surface area contributed by atoms with E-state index < -0.39 is 0 Å². The number of aromatic nitrogens is 4. The molecule has 0 saturated heterocycles. The summed E-state index contributed by atoms with van der Waals surface area (Å²) in [6.07, 6.45) is 2.89. The lowest BCUT2D eigenvalue weighted by atomic mass is 9.76. The summed E-state index contributed by atoms with van der Waals surface area (Å²) < 4.78 is 4.98. The van der Waals surface area contributed by atoms with Crippen molar-refractivity contribution in [2.75, 3.05) is 7.11 Å². The smallest absolute Gasteiger partial charge is 0.233 e. The van der Waals surface area contributed by atoms with Gasteiger partial charge in [-0.3, -0.25) is 4.79 Å².